The summed E-state index contributed by atoms with van der Waals surface area (Å²) in [6.07, 6.45) is -9.85. The fourth-order valence-corrected chi connectivity index (χ4v) is 10.7. The zero-order valence-corrected chi connectivity index (χ0v) is 37.1. The van der Waals surface area contributed by atoms with Crippen LogP contribution in [0.2, 0.25) is 20.1 Å². The van der Waals surface area contributed by atoms with Crippen molar-refractivity contribution < 1.29 is 35.9 Å². The van der Waals surface area contributed by atoms with Gasteiger partial charge in [-0.05, 0) is 105 Å². The van der Waals surface area contributed by atoms with E-state index in [9.17, 15) is 31.1 Å². The first-order chi connectivity index (χ1) is 28.5. The molecule has 20 heteroatoms. The largest absolute Gasteiger partial charge is 0.444 e. The van der Waals surface area contributed by atoms with Crippen molar-refractivity contribution in [3.8, 4) is 0 Å². The van der Waals surface area contributed by atoms with Gasteiger partial charge in [-0.1, -0.05) is 81.2 Å². The first kappa shape index (κ1) is 45.1. The third-order valence-corrected chi connectivity index (χ3v) is 13.7. The van der Waals surface area contributed by atoms with Crippen LogP contribution in [0.3, 0.4) is 0 Å². The van der Waals surface area contributed by atoms with E-state index in [1.165, 1.54) is 59.1 Å². The van der Waals surface area contributed by atoms with Crippen LogP contribution in [0, 0.1) is 0 Å². The minimum atomic E-state index is -4.52. The minimum absolute atomic E-state index is 0.0355. The molecule has 2 fully saturated rings. The lowest BCUT2D eigenvalue weighted by Crippen LogP contribution is -2.44. The number of nitrogens with one attached hydrogen (secondary N) is 1. The summed E-state index contributed by atoms with van der Waals surface area (Å²) < 4.78 is 92.5. The van der Waals surface area contributed by atoms with Gasteiger partial charge in [0.15, 0.2) is 10.3 Å². The van der Waals surface area contributed by atoms with Gasteiger partial charge in [0.25, 0.3) is 0 Å². The lowest BCUT2D eigenvalue weighted by atomic mass is 9.79. The molecule has 0 aliphatic carbocycles. The summed E-state index contributed by atoms with van der Waals surface area (Å²) in [6, 6.07) is 18.7. The van der Waals surface area contributed by atoms with Gasteiger partial charge in [0.05, 0.1) is 31.8 Å². The molecule has 0 radical (unpaired) electrons. The summed E-state index contributed by atoms with van der Waals surface area (Å²) in [4.78, 5) is 24.5. The monoisotopic (exact) mass is 962 g/mol. The van der Waals surface area contributed by atoms with Gasteiger partial charge in [0, 0.05) is 46.3 Å². The Morgan fingerprint density at radius 1 is 0.705 bits per heavy atom. The Kier molecular flexibility index (Phi) is 12.3. The predicted octanol–water partition coefficient (Wildman–Crippen LogP) is 13.6. The van der Waals surface area contributed by atoms with Crippen LogP contribution >= 0.6 is 69.1 Å². The van der Waals surface area contributed by atoms with Crippen molar-refractivity contribution in [3.63, 3.8) is 0 Å². The van der Waals surface area contributed by atoms with Gasteiger partial charge < -0.3 is 20.3 Å². The number of carbonyl (C=O) groups excluding carboxylic acids is 1. The van der Waals surface area contributed by atoms with Crippen LogP contribution in [0.5, 0.6) is 0 Å². The smallest absolute Gasteiger partial charge is 0.412 e. The van der Waals surface area contributed by atoms with Gasteiger partial charge in [-0.3, -0.25) is 5.32 Å². The highest BCUT2D eigenvalue weighted by molar-refractivity contribution is 7.23. The highest BCUT2D eigenvalue weighted by Gasteiger charge is 2.60. The van der Waals surface area contributed by atoms with E-state index in [-0.39, 0.29) is 70.2 Å². The first-order valence-electron chi connectivity index (χ1n) is 18.6. The number of ether oxygens (including phenoxy) is 1. The average Bonchev–Trinajstić information content (AvgIpc) is 3.94. The van der Waals surface area contributed by atoms with Crippen molar-refractivity contribution in [1.82, 2.24) is 9.97 Å². The lowest BCUT2D eigenvalue weighted by molar-refractivity contribution is -0.185. The number of fused-ring (bicyclic) bond motifs is 2. The van der Waals surface area contributed by atoms with E-state index in [0.29, 0.717) is 37.4 Å². The minimum Gasteiger partial charge on any atom is -0.444 e. The van der Waals surface area contributed by atoms with Crippen molar-refractivity contribution in [2.24, 2.45) is 0 Å². The number of amides is 1. The number of hydrogen-bond acceptors (Lipinski definition) is 9. The zero-order chi connectivity index (χ0) is 44.3. The Balaban J connectivity index is 0.000000189. The number of halogens is 10. The van der Waals surface area contributed by atoms with Crippen LogP contribution in [-0.2, 0) is 15.6 Å². The fraction of sp³-hybridized carbons (Fsp3) is 0.341. The van der Waals surface area contributed by atoms with Gasteiger partial charge in [-0.2, -0.15) is 26.3 Å². The summed E-state index contributed by atoms with van der Waals surface area (Å²) in [6.45, 7) is 5.08. The van der Waals surface area contributed by atoms with Crippen LogP contribution in [-0.4, -0.2) is 60.2 Å². The molecule has 6 aromatic rings. The van der Waals surface area contributed by atoms with Gasteiger partial charge in [0.2, 0.25) is 0 Å². The van der Waals surface area contributed by atoms with E-state index in [0.717, 1.165) is 4.70 Å². The first-order valence-corrected chi connectivity index (χ1v) is 21.7. The number of alkyl halides is 6. The second kappa shape index (κ2) is 16.6. The molecule has 2 aromatic heterocycles. The number of aromatic nitrogens is 2. The van der Waals surface area contributed by atoms with Gasteiger partial charge in [-0.15, -0.1) is 0 Å². The molecule has 3 N–H and O–H groups in total. The Hall–Kier alpha value is -3.93. The second-order valence-corrected chi connectivity index (χ2v) is 19.5. The van der Waals surface area contributed by atoms with E-state index < -0.39 is 34.9 Å². The van der Waals surface area contributed by atoms with Crippen LogP contribution in [0.25, 0.3) is 20.4 Å². The number of hydrogen-bond donors (Lipinski definition) is 2. The van der Waals surface area contributed by atoms with Crippen LogP contribution in [0.15, 0.2) is 72.8 Å². The topological polar surface area (TPSA) is 96.6 Å². The highest BCUT2D eigenvalue weighted by Crippen LogP contribution is 2.52. The fourth-order valence-electron chi connectivity index (χ4n) is 7.55. The predicted molar refractivity (Wildman–Crippen MR) is 236 cm³/mol. The quantitative estimate of drug-likeness (QED) is 0.131. The molecule has 324 valence electrons. The molecule has 4 aromatic carbocycles. The number of nitrogen functional groups attached to an aromatic ring is 1. The highest BCUT2D eigenvalue weighted by atomic mass is 35.5. The molecule has 61 heavy (non-hydrogen) atoms. The molecule has 2 unspecified atom stereocenters. The van der Waals surface area contributed by atoms with E-state index in [1.54, 1.807) is 67.0 Å². The summed E-state index contributed by atoms with van der Waals surface area (Å²) in [5, 5.41) is 4.36. The Morgan fingerprint density at radius 3 is 1.56 bits per heavy atom. The van der Waals surface area contributed by atoms with Crippen molar-refractivity contribution >= 4 is 117 Å². The van der Waals surface area contributed by atoms with Crippen molar-refractivity contribution in [2.45, 2.75) is 62.4 Å². The number of carbonyl (C=O) groups is 1. The Morgan fingerprint density at radius 2 is 1.13 bits per heavy atom. The summed E-state index contributed by atoms with van der Waals surface area (Å²) in [7, 11) is 0. The maximum absolute atomic E-state index is 14.4. The molecule has 0 saturated carbocycles. The third kappa shape index (κ3) is 9.26. The summed E-state index contributed by atoms with van der Waals surface area (Å²) in [5.74, 6) is 0. The summed E-state index contributed by atoms with van der Waals surface area (Å²) in [5.41, 5.74) is 3.54. The molecule has 2 aliphatic heterocycles. The molecule has 4 heterocycles. The number of nitrogens with zero attached hydrogens (tertiary/aromatic N) is 4. The van der Waals surface area contributed by atoms with E-state index in [2.05, 4.69) is 15.3 Å². The van der Waals surface area contributed by atoms with Crippen LogP contribution in [0.4, 0.5) is 52.8 Å². The number of anilines is 4. The van der Waals surface area contributed by atoms with Crippen LogP contribution in [0.1, 0.15) is 44.7 Å². The maximum atomic E-state index is 14.4. The SMILES string of the molecule is CC(C)(C)OC(=O)Nc1cccc2nc(N3CCC(c4cc(Cl)cc(Cl)c4)(C(F)(F)F)C3)sc12.Nc1cccc2nc(N3CCC(c4cc(Cl)cc(Cl)c4)(C(F)(F)F)C3)sc12. The Labute approximate surface area is 374 Å². The molecule has 8 rings (SSSR count). The van der Waals surface area contributed by atoms with Crippen LogP contribution < -0.4 is 20.9 Å². The molecular weight excluding hydrogens is 928 g/mol. The van der Waals surface area contributed by atoms with E-state index in [4.69, 9.17) is 56.9 Å². The molecule has 2 atom stereocenters. The molecule has 8 nitrogen and oxygen atoms in total. The molecule has 1 amide bonds. The lowest BCUT2D eigenvalue weighted by Gasteiger charge is -2.32. The Bertz CT molecular complexity index is 2580. The van der Waals surface area contributed by atoms with E-state index in [1.807, 2.05) is 0 Å². The van der Waals surface area contributed by atoms with Crippen molar-refractivity contribution in [3.05, 3.63) is 104 Å². The second-order valence-electron chi connectivity index (χ2n) is 15.8. The standard InChI is InChI=1S/C23H22Cl2F3N3O2S.C18H14Cl2F3N3S/c1-21(2,3)33-20(32)30-17-6-4-5-16-18(17)34-19(29-16)31-8-7-22(12-31,23(26,27)28)13-9-14(24)11-15(25)10-13;19-11-6-10(7-12(20)8-11)17(18(21,22)23)4-5-26(9-17)16-25-14-3-1-2-13(24)15(14)27-16/h4-6,9-11H,7-8,12H2,1-3H3,(H,30,32);1-3,6-8H,4-5,9,24H2. The van der Waals surface area contributed by atoms with Crippen molar-refractivity contribution in [2.75, 3.05) is 47.0 Å². The number of thiazole rings is 2. The number of benzene rings is 4. The number of nitrogens with two attached hydrogens (primary N) is 1. The summed E-state index contributed by atoms with van der Waals surface area (Å²) >= 11 is 26.5. The van der Waals surface area contributed by atoms with Gasteiger partial charge in [0.1, 0.15) is 16.4 Å². The van der Waals surface area contributed by atoms with Crippen molar-refractivity contribution in [1.29, 1.82) is 0 Å². The normalized spacial score (nSPS) is 19.7. The molecule has 0 spiro atoms. The average molecular weight is 965 g/mol. The van der Waals surface area contributed by atoms with E-state index >= 15 is 0 Å². The van der Waals surface area contributed by atoms with Gasteiger partial charge >= 0.3 is 18.4 Å². The molecule has 0 bridgehead atoms. The molecular formula is C41H36Cl4F6N6O2S2. The maximum Gasteiger partial charge on any atom is 0.412 e. The molecule has 2 saturated heterocycles. The zero-order valence-electron chi connectivity index (χ0n) is 32.4. The third-order valence-electron chi connectivity index (χ3n) is 10.5. The van der Waals surface area contributed by atoms with Gasteiger partial charge in [-0.25, -0.2) is 14.8 Å². The molecule has 2 aliphatic rings. The number of rotatable bonds is 5.